The van der Waals surface area contributed by atoms with Crippen molar-refractivity contribution < 1.29 is 9.18 Å². The van der Waals surface area contributed by atoms with Crippen LogP contribution in [0.5, 0.6) is 0 Å². The lowest BCUT2D eigenvalue weighted by Gasteiger charge is -2.15. The Morgan fingerprint density at radius 1 is 1.59 bits per heavy atom. The van der Waals surface area contributed by atoms with Gasteiger partial charge in [-0.2, -0.15) is 0 Å². The van der Waals surface area contributed by atoms with Gasteiger partial charge < -0.3 is 16.4 Å². The van der Waals surface area contributed by atoms with Gasteiger partial charge in [-0.1, -0.05) is 25.2 Å². The van der Waals surface area contributed by atoms with Crippen molar-refractivity contribution in [3.05, 3.63) is 30.1 Å². The van der Waals surface area contributed by atoms with Crippen LogP contribution in [-0.2, 0) is 0 Å². The minimum Gasteiger partial charge on any atom is -0.392 e. The van der Waals surface area contributed by atoms with Crippen LogP contribution in [0.3, 0.4) is 0 Å². The highest BCUT2D eigenvalue weighted by molar-refractivity contribution is 7.80. The van der Waals surface area contributed by atoms with E-state index in [9.17, 15) is 9.18 Å². The molecule has 1 aromatic carbocycles. The van der Waals surface area contributed by atoms with Gasteiger partial charge in [0.05, 0.1) is 11.0 Å². The number of anilines is 1. The van der Waals surface area contributed by atoms with Crippen LogP contribution >= 0.6 is 12.2 Å². The number of hydrogen-bond donors (Lipinski definition) is 3. The number of nitrogens with two attached hydrogens (primary N) is 1. The Morgan fingerprint density at radius 2 is 2.29 bits per heavy atom. The van der Waals surface area contributed by atoms with E-state index in [-0.39, 0.29) is 11.0 Å². The number of amides is 2. The molecule has 0 aliphatic carbocycles. The van der Waals surface area contributed by atoms with Crippen LogP contribution in [0.2, 0.25) is 0 Å². The van der Waals surface area contributed by atoms with Gasteiger partial charge in [0.15, 0.2) is 0 Å². The number of hydrogen-bond acceptors (Lipinski definition) is 2. The number of carbonyl (C=O) groups is 1. The Morgan fingerprint density at radius 3 is 2.82 bits per heavy atom. The van der Waals surface area contributed by atoms with Gasteiger partial charge in [-0.15, -0.1) is 0 Å². The molecule has 0 radical (unpaired) electrons. The molecular weight excluding hydrogens is 241 g/mol. The first-order chi connectivity index (χ1) is 8.02. The maximum atomic E-state index is 12.9. The minimum absolute atomic E-state index is 0.224. The van der Waals surface area contributed by atoms with E-state index in [1.807, 2.05) is 6.92 Å². The Balaban J connectivity index is 2.58. The lowest BCUT2D eigenvalue weighted by Crippen LogP contribution is -2.44. The highest BCUT2D eigenvalue weighted by atomic mass is 32.1. The summed E-state index contributed by atoms with van der Waals surface area (Å²) in [5.41, 5.74) is 5.82. The number of halogens is 1. The molecule has 6 heteroatoms. The van der Waals surface area contributed by atoms with E-state index in [1.54, 1.807) is 6.07 Å². The molecule has 0 aliphatic rings. The van der Waals surface area contributed by atoms with Crippen molar-refractivity contribution in [1.82, 2.24) is 5.32 Å². The molecule has 1 aromatic rings. The summed E-state index contributed by atoms with van der Waals surface area (Å²) in [5, 5.41) is 5.09. The van der Waals surface area contributed by atoms with Crippen LogP contribution < -0.4 is 16.4 Å². The Bertz CT molecular complexity index is 425. The third-order valence-corrected chi connectivity index (χ3v) is 2.42. The van der Waals surface area contributed by atoms with Crippen LogP contribution in [0.15, 0.2) is 24.3 Å². The Hall–Kier alpha value is -1.69. The Labute approximate surface area is 104 Å². The molecule has 1 unspecified atom stereocenters. The predicted octanol–water partition coefficient (Wildman–Crippen LogP) is 2.01. The molecule has 4 nitrogen and oxygen atoms in total. The van der Waals surface area contributed by atoms with Crippen LogP contribution in [0.1, 0.15) is 13.3 Å². The zero-order valence-corrected chi connectivity index (χ0v) is 10.2. The van der Waals surface area contributed by atoms with Crippen molar-refractivity contribution in [2.75, 3.05) is 5.32 Å². The summed E-state index contributed by atoms with van der Waals surface area (Å²) in [6.45, 7) is 1.85. The molecule has 92 valence electrons. The molecule has 1 atom stereocenters. The van der Waals surface area contributed by atoms with Crippen LogP contribution in [0.25, 0.3) is 0 Å². The van der Waals surface area contributed by atoms with Gasteiger partial charge in [0.1, 0.15) is 5.82 Å². The highest BCUT2D eigenvalue weighted by Gasteiger charge is 2.12. The van der Waals surface area contributed by atoms with Crippen LogP contribution in [0.4, 0.5) is 14.9 Å². The van der Waals surface area contributed by atoms with E-state index in [2.05, 4.69) is 10.6 Å². The second kappa shape index (κ2) is 6.15. The highest BCUT2D eigenvalue weighted by Crippen LogP contribution is 2.08. The van der Waals surface area contributed by atoms with Gasteiger partial charge in [0.25, 0.3) is 0 Å². The first kappa shape index (κ1) is 13.4. The van der Waals surface area contributed by atoms with Crippen molar-refractivity contribution in [1.29, 1.82) is 0 Å². The molecule has 0 heterocycles. The molecule has 0 spiro atoms. The molecule has 4 N–H and O–H groups in total. The zero-order chi connectivity index (χ0) is 12.8. The monoisotopic (exact) mass is 255 g/mol. The number of urea groups is 1. The number of nitrogens with one attached hydrogen (secondary N) is 2. The summed E-state index contributed by atoms with van der Waals surface area (Å²) >= 11 is 4.80. The van der Waals surface area contributed by atoms with E-state index in [0.29, 0.717) is 12.1 Å². The summed E-state index contributed by atoms with van der Waals surface area (Å²) in [4.78, 5) is 11.8. The largest absolute Gasteiger partial charge is 0.392 e. The fourth-order valence-electron chi connectivity index (χ4n) is 1.27. The molecule has 0 saturated heterocycles. The average Bonchev–Trinajstić information content (AvgIpc) is 2.25. The van der Waals surface area contributed by atoms with E-state index < -0.39 is 11.8 Å². The van der Waals surface area contributed by atoms with E-state index in [1.165, 1.54) is 18.2 Å². The third kappa shape index (κ3) is 4.36. The standard InChI is InChI=1S/C11H14FN3OS/c1-2-9(10(13)17)15-11(16)14-8-5-3-4-7(12)6-8/h3-6,9H,2H2,1H3,(H2,13,17)(H2,14,15,16). The first-order valence-corrected chi connectivity index (χ1v) is 5.56. The Kier molecular flexibility index (Phi) is 4.84. The number of thiocarbonyl (C=S) groups is 1. The topological polar surface area (TPSA) is 67.2 Å². The SMILES string of the molecule is CCC(NC(=O)Nc1cccc(F)c1)C(N)=S. The quantitative estimate of drug-likeness (QED) is 0.721. The molecular formula is C11H14FN3OS. The van der Waals surface area contributed by atoms with E-state index in [4.69, 9.17) is 18.0 Å². The number of benzene rings is 1. The second-order valence-electron chi connectivity index (χ2n) is 3.47. The van der Waals surface area contributed by atoms with Crippen molar-refractivity contribution in [3.63, 3.8) is 0 Å². The predicted molar refractivity (Wildman–Crippen MR) is 69.4 cm³/mol. The van der Waals surface area contributed by atoms with Gasteiger partial charge in [0.2, 0.25) is 0 Å². The van der Waals surface area contributed by atoms with E-state index in [0.717, 1.165) is 0 Å². The van der Waals surface area contributed by atoms with Crippen molar-refractivity contribution >= 4 is 28.9 Å². The van der Waals surface area contributed by atoms with Gasteiger partial charge in [-0.05, 0) is 24.6 Å². The maximum absolute atomic E-state index is 12.9. The smallest absolute Gasteiger partial charge is 0.319 e. The first-order valence-electron chi connectivity index (χ1n) is 5.15. The van der Waals surface area contributed by atoms with Crippen LogP contribution in [-0.4, -0.2) is 17.1 Å². The molecule has 17 heavy (non-hydrogen) atoms. The summed E-state index contributed by atoms with van der Waals surface area (Å²) < 4.78 is 12.9. The number of rotatable bonds is 4. The molecule has 2 amide bonds. The second-order valence-corrected chi connectivity index (χ2v) is 3.94. The molecule has 0 fully saturated rings. The van der Waals surface area contributed by atoms with Crippen molar-refractivity contribution in [3.8, 4) is 0 Å². The van der Waals surface area contributed by atoms with Gasteiger partial charge in [-0.25, -0.2) is 9.18 Å². The summed E-state index contributed by atoms with van der Waals surface area (Å²) in [6, 6.07) is 4.79. The van der Waals surface area contributed by atoms with E-state index >= 15 is 0 Å². The van der Waals surface area contributed by atoms with Gasteiger partial charge >= 0.3 is 6.03 Å². The van der Waals surface area contributed by atoms with Crippen molar-refractivity contribution in [2.24, 2.45) is 5.73 Å². The molecule has 0 aromatic heterocycles. The molecule has 0 saturated carbocycles. The summed E-state index contributed by atoms with van der Waals surface area (Å²) in [7, 11) is 0. The zero-order valence-electron chi connectivity index (χ0n) is 9.37. The third-order valence-electron chi connectivity index (χ3n) is 2.14. The lowest BCUT2D eigenvalue weighted by molar-refractivity contribution is 0.250. The van der Waals surface area contributed by atoms with Crippen LogP contribution in [0, 0.1) is 5.82 Å². The lowest BCUT2D eigenvalue weighted by atomic mass is 10.2. The fraction of sp³-hybridized carbons (Fsp3) is 0.273. The number of carbonyl (C=O) groups excluding carboxylic acids is 1. The van der Waals surface area contributed by atoms with Gasteiger partial charge in [0, 0.05) is 5.69 Å². The maximum Gasteiger partial charge on any atom is 0.319 e. The van der Waals surface area contributed by atoms with Crippen molar-refractivity contribution in [2.45, 2.75) is 19.4 Å². The normalized spacial score (nSPS) is 11.6. The van der Waals surface area contributed by atoms with Gasteiger partial charge in [-0.3, -0.25) is 0 Å². The summed E-state index contributed by atoms with van der Waals surface area (Å²) in [6.07, 6.45) is 0.603. The molecule has 1 rings (SSSR count). The molecule has 0 bridgehead atoms. The summed E-state index contributed by atoms with van der Waals surface area (Å²) in [5.74, 6) is -0.413. The minimum atomic E-state index is -0.463. The fourth-order valence-corrected chi connectivity index (χ4v) is 1.49. The molecule has 0 aliphatic heterocycles. The average molecular weight is 255 g/mol.